The maximum Gasteiger partial charge on any atom is 0.191 e. The second kappa shape index (κ2) is 14.5. The highest BCUT2D eigenvalue weighted by Gasteiger charge is 2.09. The zero-order chi connectivity index (χ0) is 21.9. The molecule has 7 nitrogen and oxygen atoms in total. The lowest BCUT2D eigenvalue weighted by Crippen LogP contribution is -2.36. The Labute approximate surface area is 207 Å². The Hall–Kier alpha value is -1.59. The number of aliphatic imine (C=N–C) groups is 1. The van der Waals surface area contributed by atoms with Crippen LogP contribution < -0.4 is 20.1 Å². The van der Waals surface area contributed by atoms with Crippen LogP contribution in [-0.4, -0.2) is 56.2 Å². The van der Waals surface area contributed by atoms with Crippen molar-refractivity contribution < 1.29 is 9.47 Å². The number of nitrogens with one attached hydrogen (secondary N) is 2. The number of aromatic nitrogens is 1. The van der Waals surface area contributed by atoms with Crippen LogP contribution in [0.15, 0.2) is 23.2 Å². The van der Waals surface area contributed by atoms with Gasteiger partial charge in [0.2, 0.25) is 0 Å². The average Bonchev–Trinajstić information content (AvgIpc) is 3.09. The fourth-order valence-electron chi connectivity index (χ4n) is 2.95. The molecule has 0 aliphatic carbocycles. The maximum absolute atomic E-state index is 5.93. The summed E-state index contributed by atoms with van der Waals surface area (Å²) in [6, 6.07) is 6.01. The van der Waals surface area contributed by atoms with Crippen LogP contribution in [-0.2, 0) is 13.1 Å². The van der Waals surface area contributed by atoms with Crippen molar-refractivity contribution >= 4 is 41.3 Å². The van der Waals surface area contributed by atoms with E-state index in [1.165, 1.54) is 4.88 Å². The van der Waals surface area contributed by atoms with E-state index in [4.69, 9.17) is 9.47 Å². The number of thiazole rings is 1. The zero-order valence-electron chi connectivity index (χ0n) is 19.4. The minimum absolute atomic E-state index is 0. The molecule has 2 N–H and O–H groups in total. The second-order valence-corrected chi connectivity index (χ2v) is 8.18. The highest BCUT2D eigenvalue weighted by atomic mass is 127. The summed E-state index contributed by atoms with van der Waals surface area (Å²) in [4.78, 5) is 12.4. The van der Waals surface area contributed by atoms with Gasteiger partial charge in [0, 0.05) is 25.0 Å². The average molecular weight is 562 g/mol. The van der Waals surface area contributed by atoms with Crippen LogP contribution in [0.1, 0.15) is 35.0 Å². The van der Waals surface area contributed by atoms with Gasteiger partial charge < -0.3 is 25.0 Å². The van der Waals surface area contributed by atoms with E-state index in [1.54, 1.807) is 25.5 Å². The molecule has 174 valence electrons. The molecule has 0 aliphatic rings. The first-order valence-electron chi connectivity index (χ1n) is 10.4. The molecule has 1 aromatic carbocycles. The molecule has 0 radical (unpaired) electrons. The molecule has 0 aliphatic heterocycles. The van der Waals surface area contributed by atoms with E-state index in [9.17, 15) is 0 Å². The van der Waals surface area contributed by atoms with Crippen LogP contribution in [0.3, 0.4) is 0 Å². The Morgan fingerprint density at radius 1 is 1.13 bits per heavy atom. The first kappa shape index (κ1) is 27.4. The Bertz CT molecular complexity index is 805. The first-order valence-corrected chi connectivity index (χ1v) is 11.2. The van der Waals surface area contributed by atoms with E-state index in [0.29, 0.717) is 19.7 Å². The fraction of sp³-hybridized carbons (Fsp3) is 0.545. The van der Waals surface area contributed by atoms with Gasteiger partial charge in [0.1, 0.15) is 11.6 Å². The summed E-state index contributed by atoms with van der Waals surface area (Å²) in [6.07, 6.45) is 0. The van der Waals surface area contributed by atoms with Crippen LogP contribution in [0.4, 0.5) is 0 Å². The van der Waals surface area contributed by atoms with Crippen LogP contribution in [0, 0.1) is 13.8 Å². The number of methoxy groups -OCH3 is 1. The van der Waals surface area contributed by atoms with E-state index in [-0.39, 0.29) is 24.0 Å². The summed E-state index contributed by atoms with van der Waals surface area (Å²) in [7, 11) is 3.43. The van der Waals surface area contributed by atoms with Crippen molar-refractivity contribution in [3.05, 3.63) is 39.3 Å². The first-order chi connectivity index (χ1) is 14.5. The molecule has 2 rings (SSSR count). The standard InChI is InChI=1S/C22H35N5O2S.HI/c1-7-27(8-2)11-12-29-19-10-9-18(13-20(19)28-6)14-24-22(23-5)25-15-21-26-16(3)17(4)30-21;/h9-10,13H,7-8,11-12,14-15H2,1-6H3,(H2,23,24,25);1H. The lowest BCUT2D eigenvalue weighted by Gasteiger charge is -2.19. The third-order valence-corrected chi connectivity index (χ3v) is 6.02. The van der Waals surface area contributed by atoms with Gasteiger partial charge in [-0.2, -0.15) is 0 Å². The maximum atomic E-state index is 5.93. The predicted octanol–water partition coefficient (Wildman–Crippen LogP) is 3.97. The number of nitrogens with zero attached hydrogens (tertiary/aromatic N) is 3. The summed E-state index contributed by atoms with van der Waals surface area (Å²) in [6.45, 7) is 13.3. The van der Waals surface area contributed by atoms with Crippen molar-refractivity contribution in [1.29, 1.82) is 0 Å². The number of rotatable bonds is 11. The van der Waals surface area contributed by atoms with Crippen molar-refractivity contribution in [1.82, 2.24) is 20.5 Å². The topological polar surface area (TPSA) is 71.0 Å². The number of halogens is 1. The van der Waals surface area contributed by atoms with Gasteiger partial charge in [0.15, 0.2) is 17.5 Å². The number of likely N-dealkylation sites (N-methyl/N-ethyl adjacent to an activating group) is 1. The van der Waals surface area contributed by atoms with E-state index in [0.717, 1.165) is 53.4 Å². The quantitative estimate of drug-likeness (QED) is 0.246. The number of guanidine groups is 1. The molecule has 0 unspecified atom stereocenters. The third-order valence-electron chi connectivity index (χ3n) is 4.95. The molecule has 31 heavy (non-hydrogen) atoms. The Morgan fingerprint density at radius 3 is 2.42 bits per heavy atom. The number of ether oxygens (including phenoxy) is 2. The highest BCUT2D eigenvalue weighted by Crippen LogP contribution is 2.28. The molecule has 0 atom stereocenters. The van der Waals surface area contributed by atoms with Gasteiger partial charge in [-0.3, -0.25) is 4.99 Å². The summed E-state index contributed by atoms with van der Waals surface area (Å²) in [5.74, 6) is 2.25. The SMILES string of the molecule is CCN(CC)CCOc1ccc(CNC(=NC)NCc2nc(C)c(C)s2)cc1OC.I. The van der Waals surface area contributed by atoms with Gasteiger partial charge in [0.05, 0.1) is 19.3 Å². The van der Waals surface area contributed by atoms with Gasteiger partial charge in [-0.15, -0.1) is 35.3 Å². The summed E-state index contributed by atoms with van der Waals surface area (Å²) in [5, 5.41) is 7.70. The fourth-order valence-corrected chi connectivity index (χ4v) is 3.82. The molecule has 9 heteroatoms. The predicted molar refractivity (Wildman–Crippen MR) is 140 cm³/mol. The lowest BCUT2D eigenvalue weighted by molar-refractivity contribution is 0.217. The molecule has 2 aromatic rings. The molecule has 0 spiro atoms. The Kier molecular flexibility index (Phi) is 12.8. The third kappa shape index (κ3) is 8.82. The van der Waals surface area contributed by atoms with Crippen LogP contribution in [0.2, 0.25) is 0 Å². The minimum atomic E-state index is 0. The molecular formula is C22H36IN5O2S. The Balaban J connectivity index is 0.00000480. The number of benzene rings is 1. The Morgan fingerprint density at radius 2 is 1.84 bits per heavy atom. The van der Waals surface area contributed by atoms with Crippen molar-refractivity contribution in [2.24, 2.45) is 4.99 Å². The number of hydrogen-bond donors (Lipinski definition) is 2. The second-order valence-electron chi connectivity index (χ2n) is 6.89. The molecule has 1 heterocycles. The summed E-state index contributed by atoms with van der Waals surface area (Å²) >= 11 is 1.71. The van der Waals surface area contributed by atoms with E-state index < -0.39 is 0 Å². The van der Waals surface area contributed by atoms with Gasteiger partial charge in [0.25, 0.3) is 0 Å². The summed E-state index contributed by atoms with van der Waals surface area (Å²) < 4.78 is 11.5. The molecule has 0 saturated carbocycles. The van der Waals surface area contributed by atoms with Crippen molar-refractivity contribution in [2.75, 3.05) is 40.4 Å². The molecular weight excluding hydrogens is 525 g/mol. The van der Waals surface area contributed by atoms with Crippen molar-refractivity contribution in [2.45, 2.75) is 40.8 Å². The molecule has 1 aromatic heterocycles. The zero-order valence-corrected chi connectivity index (χ0v) is 22.6. The van der Waals surface area contributed by atoms with Crippen LogP contribution in [0.25, 0.3) is 0 Å². The van der Waals surface area contributed by atoms with Crippen molar-refractivity contribution in [3.8, 4) is 11.5 Å². The van der Waals surface area contributed by atoms with Gasteiger partial charge >= 0.3 is 0 Å². The van der Waals surface area contributed by atoms with E-state index in [1.807, 2.05) is 25.1 Å². The molecule has 0 bridgehead atoms. The molecule has 0 saturated heterocycles. The summed E-state index contributed by atoms with van der Waals surface area (Å²) in [5.41, 5.74) is 2.18. The highest BCUT2D eigenvalue weighted by molar-refractivity contribution is 14.0. The normalized spacial score (nSPS) is 11.3. The monoisotopic (exact) mass is 561 g/mol. The van der Waals surface area contributed by atoms with Crippen LogP contribution in [0.5, 0.6) is 11.5 Å². The van der Waals surface area contributed by atoms with Gasteiger partial charge in [-0.05, 0) is 44.6 Å². The molecule has 0 amide bonds. The smallest absolute Gasteiger partial charge is 0.191 e. The lowest BCUT2D eigenvalue weighted by atomic mass is 10.2. The van der Waals surface area contributed by atoms with Gasteiger partial charge in [-0.25, -0.2) is 4.98 Å². The van der Waals surface area contributed by atoms with Crippen LogP contribution >= 0.6 is 35.3 Å². The van der Waals surface area contributed by atoms with E-state index >= 15 is 0 Å². The molecule has 0 fully saturated rings. The van der Waals surface area contributed by atoms with E-state index in [2.05, 4.69) is 46.3 Å². The number of aryl methyl sites for hydroxylation is 2. The number of hydrogen-bond acceptors (Lipinski definition) is 6. The largest absolute Gasteiger partial charge is 0.493 e. The van der Waals surface area contributed by atoms with Crippen molar-refractivity contribution in [3.63, 3.8) is 0 Å². The van der Waals surface area contributed by atoms with Gasteiger partial charge in [-0.1, -0.05) is 19.9 Å². The minimum Gasteiger partial charge on any atom is -0.493 e.